The van der Waals surface area contributed by atoms with E-state index in [-0.39, 0.29) is 17.5 Å². The summed E-state index contributed by atoms with van der Waals surface area (Å²) >= 11 is 0. The van der Waals surface area contributed by atoms with Gasteiger partial charge in [0, 0.05) is 18.5 Å². The van der Waals surface area contributed by atoms with Crippen LogP contribution in [0, 0.1) is 0 Å². The number of fused-ring (bicyclic) bond motifs is 1. The summed E-state index contributed by atoms with van der Waals surface area (Å²) < 4.78 is 5.39. The zero-order chi connectivity index (χ0) is 14.9. The van der Waals surface area contributed by atoms with Crippen molar-refractivity contribution in [2.75, 3.05) is 27.7 Å². The molecule has 110 valence electrons. The molecule has 1 aromatic rings. The predicted octanol–water partition coefficient (Wildman–Crippen LogP) is 2.58. The molecule has 0 aliphatic heterocycles. The Morgan fingerprint density at radius 3 is 2.70 bits per heavy atom. The Kier molecular flexibility index (Phi) is 4.33. The van der Waals surface area contributed by atoms with E-state index in [0.29, 0.717) is 24.2 Å². The summed E-state index contributed by atoms with van der Waals surface area (Å²) in [6.07, 6.45) is 1.99. The summed E-state index contributed by atoms with van der Waals surface area (Å²) in [5.74, 6) is 1.12. The van der Waals surface area contributed by atoms with Gasteiger partial charge in [-0.3, -0.25) is 4.79 Å². The quantitative estimate of drug-likeness (QED) is 0.919. The van der Waals surface area contributed by atoms with E-state index in [1.807, 2.05) is 27.1 Å². The third-order valence-electron chi connectivity index (χ3n) is 3.99. The molecule has 0 radical (unpaired) electrons. The van der Waals surface area contributed by atoms with Crippen molar-refractivity contribution in [3.05, 3.63) is 22.8 Å². The Balaban J connectivity index is 2.59. The minimum atomic E-state index is 0.0462. The van der Waals surface area contributed by atoms with Gasteiger partial charge in [0.2, 0.25) is 0 Å². The number of benzene rings is 1. The zero-order valence-electron chi connectivity index (χ0n) is 12.7. The maximum Gasteiger partial charge on any atom is 0.166 e. The van der Waals surface area contributed by atoms with Crippen LogP contribution in [0.4, 0.5) is 0 Å². The molecule has 0 unspecified atom stereocenters. The first-order chi connectivity index (χ1) is 9.49. The van der Waals surface area contributed by atoms with Crippen LogP contribution in [0.5, 0.6) is 11.5 Å². The van der Waals surface area contributed by atoms with Crippen molar-refractivity contribution in [3.8, 4) is 11.5 Å². The zero-order valence-corrected chi connectivity index (χ0v) is 12.7. The lowest BCUT2D eigenvalue weighted by molar-refractivity contribution is 0.0960. The van der Waals surface area contributed by atoms with Crippen LogP contribution in [0.3, 0.4) is 0 Å². The van der Waals surface area contributed by atoms with E-state index in [1.54, 1.807) is 7.11 Å². The Hall–Kier alpha value is -1.55. The highest BCUT2D eigenvalue weighted by molar-refractivity contribution is 6.02. The number of ether oxygens (including phenoxy) is 1. The molecule has 0 spiro atoms. The van der Waals surface area contributed by atoms with Crippen LogP contribution in [-0.4, -0.2) is 43.5 Å². The van der Waals surface area contributed by atoms with Gasteiger partial charge in [-0.15, -0.1) is 0 Å². The number of likely N-dealkylation sites (N-methyl/N-ethyl adjacent to an activating group) is 1. The fraction of sp³-hybridized carbons (Fsp3) is 0.562. The first-order valence-electron chi connectivity index (χ1n) is 7.10. The van der Waals surface area contributed by atoms with Crippen molar-refractivity contribution in [1.29, 1.82) is 0 Å². The lowest BCUT2D eigenvalue weighted by Crippen LogP contribution is -2.26. The second-order valence-electron chi connectivity index (χ2n) is 5.64. The average Bonchev–Trinajstić information content (AvgIpc) is 2.40. The van der Waals surface area contributed by atoms with Gasteiger partial charge < -0.3 is 14.7 Å². The Labute approximate surface area is 120 Å². The Morgan fingerprint density at radius 2 is 2.15 bits per heavy atom. The molecule has 4 heteroatoms. The number of methoxy groups -OCH3 is 1. The van der Waals surface area contributed by atoms with Gasteiger partial charge in [-0.1, -0.05) is 6.92 Å². The fourth-order valence-corrected chi connectivity index (χ4v) is 3.06. The van der Waals surface area contributed by atoms with Crippen LogP contribution in [0.2, 0.25) is 0 Å². The molecular formula is C16H23NO3. The summed E-state index contributed by atoms with van der Waals surface area (Å²) in [5, 5.41) is 10.5. The number of phenolic OH excluding ortho intramolecular Hbond substituents is 1. The first-order valence-corrected chi connectivity index (χ1v) is 7.10. The van der Waals surface area contributed by atoms with Gasteiger partial charge in [0.1, 0.15) is 11.5 Å². The van der Waals surface area contributed by atoms with E-state index < -0.39 is 0 Å². The molecule has 1 aliphatic rings. The number of carbonyl (C=O) groups is 1. The minimum absolute atomic E-state index is 0.0462. The molecule has 0 fully saturated rings. The van der Waals surface area contributed by atoms with Crippen molar-refractivity contribution >= 4 is 5.78 Å². The molecule has 20 heavy (non-hydrogen) atoms. The van der Waals surface area contributed by atoms with E-state index in [2.05, 4.69) is 4.90 Å². The third kappa shape index (κ3) is 2.52. The van der Waals surface area contributed by atoms with E-state index in [9.17, 15) is 9.90 Å². The molecule has 0 bridgehead atoms. The smallest absolute Gasteiger partial charge is 0.166 e. The predicted molar refractivity (Wildman–Crippen MR) is 78.9 cm³/mol. The summed E-state index contributed by atoms with van der Waals surface area (Å²) in [6, 6.07) is 1.94. The third-order valence-corrected chi connectivity index (χ3v) is 3.99. The number of carbonyl (C=O) groups excluding carboxylic acids is 1. The number of phenols is 1. The number of ketones is 1. The molecule has 1 aliphatic carbocycles. The second kappa shape index (κ2) is 5.83. The van der Waals surface area contributed by atoms with Crippen LogP contribution in [0.25, 0.3) is 0 Å². The van der Waals surface area contributed by atoms with E-state index in [4.69, 9.17) is 4.74 Å². The topological polar surface area (TPSA) is 49.8 Å². The molecule has 1 atom stereocenters. The maximum absolute atomic E-state index is 12.2. The summed E-state index contributed by atoms with van der Waals surface area (Å²) in [6.45, 7) is 2.82. The molecular weight excluding hydrogens is 254 g/mol. The van der Waals surface area contributed by atoms with Crippen molar-refractivity contribution < 1.29 is 14.6 Å². The SMILES string of the molecule is CCc1c(OC)cc2c(c1O)C(=O)CC[C@@H]2CN(C)C. The van der Waals surface area contributed by atoms with Crippen LogP contribution >= 0.6 is 0 Å². The molecule has 0 aromatic heterocycles. The van der Waals surface area contributed by atoms with E-state index in [1.165, 1.54) is 0 Å². The highest BCUT2D eigenvalue weighted by Crippen LogP contribution is 2.42. The van der Waals surface area contributed by atoms with Gasteiger partial charge in [-0.05, 0) is 44.5 Å². The average molecular weight is 277 g/mol. The number of hydrogen-bond acceptors (Lipinski definition) is 4. The fourth-order valence-electron chi connectivity index (χ4n) is 3.06. The van der Waals surface area contributed by atoms with Gasteiger partial charge in [0.05, 0.1) is 12.7 Å². The highest BCUT2D eigenvalue weighted by atomic mass is 16.5. The molecule has 1 N–H and O–H groups in total. The lowest BCUT2D eigenvalue weighted by atomic mass is 9.80. The molecule has 0 saturated carbocycles. The van der Waals surface area contributed by atoms with Gasteiger partial charge in [0.25, 0.3) is 0 Å². The molecule has 0 heterocycles. The van der Waals surface area contributed by atoms with Crippen LogP contribution in [-0.2, 0) is 6.42 Å². The second-order valence-corrected chi connectivity index (χ2v) is 5.64. The van der Waals surface area contributed by atoms with E-state index in [0.717, 1.165) is 24.1 Å². The number of hydrogen-bond donors (Lipinski definition) is 1. The largest absolute Gasteiger partial charge is 0.507 e. The first kappa shape index (κ1) is 14.9. The molecule has 0 saturated heterocycles. The molecule has 2 rings (SSSR count). The standard InChI is InChI=1S/C16H23NO3/c1-5-11-14(20-4)8-12-10(9-17(2)3)6-7-13(18)15(12)16(11)19/h8,10,19H,5-7,9H2,1-4H3/t10-/m1/s1. The molecule has 0 amide bonds. The lowest BCUT2D eigenvalue weighted by Gasteiger charge is -2.29. The molecule has 1 aromatic carbocycles. The van der Waals surface area contributed by atoms with Crippen molar-refractivity contribution in [2.45, 2.75) is 32.1 Å². The normalized spacial score (nSPS) is 18.2. The van der Waals surface area contributed by atoms with Gasteiger partial charge in [0.15, 0.2) is 5.78 Å². The van der Waals surface area contributed by atoms with Crippen LogP contribution in [0.15, 0.2) is 6.07 Å². The van der Waals surface area contributed by atoms with Crippen molar-refractivity contribution in [3.63, 3.8) is 0 Å². The summed E-state index contributed by atoms with van der Waals surface area (Å²) in [7, 11) is 5.65. The summed E-state index contributed by atoms with van der Waals surface area (Å²) in [5.41, 5.74) is 2.17. The summed E-state index contributed by atoms with van der Waals surface area (Å²) in [4.78, 5) is 14.3. The number of nitrogens with zero attached hydrogens (tertiary/aromatic N) is 1. The van der Waals surface area contributed by atoms with Gasteiger partial charge in [-0.2, -0.15) is 0 Å². The number of aromatic hydroxyl groups is 1. The molecule has 4 nitrogen and oxygen atoms in total. The van der Waals surface area contributed by atoms with Gasteiger partial charge >= 0.3 is 0 Å². The number of rotatable bonds is 4. The monoisotopic (exact) mass is 277 g/mol. The maximum atomic E-state index is 12.2. The van der Waals surface area contributed by atoms with Crippen molar-refractivity contribution in [2.24, 2.45) is 0 Å². The van der Waals surface area contributed by atoms with Gasteiger partial charge in [-0.25, -0.2) is 0 Å². The van der Waals surface area contributed by atoms with E-state index >= 15 is 0 Å². The Bertz CT molecular complexity index is 523. The Morgan fingerprint density at radius 1 is 1.45 bits per heavy atom. The van der Waals surface area contributed by atoms with Crippen LogP contribution < -0.4 is 4.74 Å². The number of Topliss-reactive ketones (excluding diaryl/α,β-unsaturated/α-hetero) is 1. The minimum Gasteiger partial charge on any atom is -0.507 e. The van der Waals surface area contributed by atoms with Crippen molar-refractivity contribution in [1.82, 2.24) is 4.90 Å². The van der Waals surface area contributed by atoms with Crippen LogP contribution in [0.1, 0.15) is 47.2 Å². The highest BCUT2D eigenvalue weighted by Gasteiger charge is 2.31.